The molecule has 3 aliphatic rings. The molecule has 0 radical (unpaired) electrons. The van der Waals surface area contributed by atoms with E-state index in [0.29, 0.717) is 30.8 Å². The third-order valence-corrected chi connectivity index (χ3v) is 5.82. The molecule has 4 atom stereocenters. The highest BCUT2D eigenvalue weighted by atomic mass is 16.5. The van der Waals surface area contributed by atoms with Gasteiger partial charge >= 0.3 is 0 Å². The molecule has 124 valence electrons. The summed E-state index contributed by atoms with van der Waals surface area (Å²) in [5, 5.41) is 3.28. The van der Waals surface area contributed by atoms with Gasteiger partial charge in [0, 0.05) is 38.0 Å². The number of rotatable bonds is 5. The molecule has 4 nitrogen and oxygen atoms in total. The molecular formula is C19H25NO3. The Morgan fingerprint density at radius 3 is 2.74 bits per heavy atom. The molecule has 0 bridgehead atoms. The molecule has 23 heavy (non-hydrogen) atoms. The molecule has 1 aliphatic heterocycles. The first-order valence-corrected chi connectivity index (χ1v) is 8.73. The summed E-state index contributed by atoms with van der Waals surface area (Å²) in [6, 6.07) is 8.79. The number of fused-ring (bicyclic) bond motifs is 2. The fraction of sp³-hybridized carbons (Fsp3) is 0.632. The molecule has 0 aromatic heterocycles. The SMILES string of the molecule is COC[C@H]1[C@@H](NC(=O)CC2Cc3ccccc3C2)[C@H]2CCO[C@H]21. The number of amides is 1. The molecule has 2 aliphatic carbocycles. The van der Waals surface area contributed by atoms with Crippen LogP contribution in [0.4, 0.5) is 0 Å². The average Bonchev–Trinajstić information content (AvgIpc) is 3.14. The Bertz CT molecular complexity index is 563. The summed E-state index contributed by atoms with van der Waals surface area (Å²) in [5.74, 6) is 1.44. The molecule has 4 rings (SSSR count). The molecule has 1 saturated heterocycles. The van der Waals surface area contributed by atoms with Crippen LogP contribution in [0.5, 0.6) is 0 Å². The van der Waals surface area contributed by atoms with Crippen molar-refractivity contribution in [3.05, 3.63) is 35.4 Å². The van der Waals surface area contributed by atoms with Crippen LogP contribution < -0.4 is 5.32 Å². The second-order valence-electron chi connectivity index (χ2n) is 7.25. The summed E-state index contributed by atoms with van der Waals surface area (Å²) in [6.45, 7) is 1.49. The molecule has 1 amide bonds. The molecule has 1 N–H and O–H groups in total. The molecule has 1 aromatic rings. The summed E-state index contributed by atoms with van der Waals surface area (Å²) < 4.78 is 11.1. The number of hydrogen-bond donors (Lipinski definition) is 1. The standard InChI is InChI=1S/C19H25NO3/c1-22-11-16-18(15-6-7-23-19(15)16)20-17(21)10-12-8-13-4-2-3-5-14(13)9-12/h2-5,12,15-16,18-19H,6-11H2,1H3,(H,20,21)/t15-,16+,18+,19-/m1/s1. The highest BCUT2D eigenvalue weighted by molar-refractivity contribution is 5.77. The molecule has 0 unspecified atom stereocenters. The highest BCUT2D eigenvalue weighted by Crippen LogP contribution is 2.43. The highest BCUT2D eigenvalue weighted by Gasteiger charge is 2.54. The fourth-order valence-corrected chi connectivity index (χ4v) is 4.74. The van der Waals surface area contributed by atoms with Gasteiger partial charge in [0.15, 0.2) is 0 Å². The van der Waals surface area contributed by atoms with Crippen molar-refractivity contribution in [2.45, 2.75) is 37.8 Å². The van der Waals surface area contributed by atoms with E-state index in [-0.39, 0.29) is 18.1 Å². The van der Waals surface area contributed by atoms with Crippen LogP contribution >= 0.6 is 0 Å². The van der Waals surface area contributed by atoms with E-state index in [1.165, 1.54) is 11.1 Å². The number of carbonyl (C=O) groups is 1. The first-order chi connectivity index (χ1) is 11.3. The lowest BCUT2D eigenvalue weighted by Crippen LogP contribution is -2.62. The van der Waals surface area contributed by atoms with Gasteiger partial charge in [0.25, 0.3) is 0 Å². The minimum absolute atomic E-state index is 0.194. The Hall–Kier alpha value is -1.39. The van der Waals surface area contributed by atoms with Gasteiger partial charge in [-0.05, 0) is 36.3 Å². The number of carbonyl (C=O) groups excluding carboxylic acids is 1. The van der Waals surface area contributed by atoms with Crippen molar-refractivity contribution in [2.24, 2.45) is 17.8 Å². The van der Waals surface area contributed by atoms with Gasteiger partial charge in [0.1, 0.15) is 0 Å². The summed E-state index contributed by atoms with van der Waals surface area (Å²) in [7, 11) is 1.72. The van der Waals surface area contributed by atoms with Gasteiger partial charge in [-0.1, -0.05) is 24.3 Å². The molecule has 4 heteroatoms. The number of nitrogens with one attached hydrogen (secondary N) is 1. The Labute approximate surface area is 137 Å². The van der Waals surface area contributed by atoms with E-state index in [2.05, 4.69) is 29.6 Å². The quantitative estimate of drug-likeness (QED) is 0.903. The van der Waals surface area contributed by atoms with E-state index in [9.17, 15) is 4.79 Å². The van der Waals surface area contributed by atoms with Crippen LogP contribution in [0.1, 0.15) is 24.0 Å². The molecule has 1 aromatic carbocycles. The maximum absolute atomic E-state index is 12.5. The van der Waals surface area contributed by atoms with Gasteiger partial charge in [0.2, 0.25) is 5.91 Å². The first kappa shape index (κ1) is 15.2. The van der Waals surface area contributed by atoms with Gasteiger partial charge in [0.05, 0.1) is 12.7 Å². The number of ether oxygens (including phenoxy) is 2. The Morgan fingerprint density at radius 2 is 2.04 bits per heavy atom. The van der Waals surface area contributed by atoms with Gasteiger partial charge in [-0.25, -0.2) is 0 Å². The van der Waals surface area contributed by atoms with Crippen LogP contribution in [0.25, 0.3) is 0 Å². The van der Waals surface area contributed by atoms with Crippen molar-refractivity contribution in [2.75, 3.05) is 20.3 Å². The number of hydrogen-bond acceptors (Lipinski definition) is 3. The predicted octanol–water partition coefficient (Wildman–Crippen LogP) is 1.96. The summed E-state index contributed by atoms with van der Waals surface area (Å²) >= 11 is 0. The van der Waals surface area contributed by atoms with Crippen LogP contribution in [0.3, 0.4) is 0 Å². The van der Waals surface area contributed by atoms with Crippen molar-refractivity contribution < 1.29 is 14.3 Å². The lowest BCUT2D eigenvalue weighted by Gasteiger charge is -2.47. The molecule has 0 spiro atoms. The smallest absolute Gasteiger partial charge is 0.220 e. The van der Waals surface area contributed by atoms with Crippen LogP contribution in [0, 0.1) is 17.8 Å². The molecular weight excluding hydrogens is 290 g/mol. The summed E-state index contributed by atoms with van der Waals surface area (Å²) in [5.41, 5.74) is 2.82. The van der Waals surface area contributed by atoms with E-state index < -0.39 is 0 Å². The summed E-state index contributed by atoms with van der Waals surface area (Å²) in [4.78, 5) is 12.5. The van der Waals surface area contributed by atoms with Crippen molar-refractivity contribution >= 4 is 5.91 Å². The Kier molecular flexibility index (Phi) is 4.12. The summed E-state index contributed by atoms with van der Waals surface area (Å²) in [6.07, 6.45) is 4.04. The Morgan fingerprint density at radius 1 is 1.30 bits per heavy atom. The minimum Gasteiger partial charge on any atom is -0.384 e. The zero-order chi connectivity index (χ0) is 15.8. The first-order valence-electron chi connectivity index (χ1n) is 8.73. The van der Waals surface area contributed by atoms with Crippen LogP contribution in [0.15, 0.2) is 24.3 Å². The van der Waals surface area contributed by atoms with E-state index in [0.717, 1.165) is 25.9 Å². The van der Waals surface area contributed by atoms with Crippen molar-refractivity contribution in [1.29, 1.82) is 0 Å². The lowest BCUT2D eigenvalue weighted by atomic mass is 9.67. The van der Waals surface area contributed by atoms with Gasteiger partial charge < -0.3 is 14.8 Å². The van der Waals surface area contributed by atoms with Gasteiger partial charge in [-0.3, -0.25) is 4.79 Å². The fourth-order valence-electron chi connectivity index (χ4n) is 4.74. The molecule has 2 fully saturated rings. The van der Waals surface area contributed by atoms with E-state index >= 15 is 0 Å². The third kappa shape index (κ3) is 2.79. The maximum atomic E-state index is 12.5. The Balaban J connectivity index is 1.32. The second kappa shape index (κ2) is 6.25. The maximum Gasteiger partial charge on any atom is 0.220 e. The van der Waals surface area contributed by atoms with E-state index in [4.69, 9.17) is 9.47 Å². The second-order valence-corrected chi connectivity index (χ2v) is 7.25. The van der Waals surface area contributed by atoms with Crippen molar-refractivity contribution in [3.8, 4) is 0 Å². The third-order valence-electron chi connectivity index (χ3n) is 5.82. The largest absolute Gasteiger partial charge is 0.384 e. The topological polar surface area (TPSA) is 47.6 Å². The predicted molar refractivity (Wildman–Crippen MR) is 87.1 cm³/mol. The van der Waals surface area contributed by atoms with Gasteiger partial charge in [-0.15, -0.1) is 0 Å². The number of benzene rings is 1. The molecule has 1 heterocycles. The normalized spacial score (nSPS) is 32.2. The van der Waals surface area contributed by atoms with E-state index in [1.54, 1.807) is 7.11 Å². The molecule has 1 saturated carbocycles. The minimum atomic E-state index is 0.194. The van der Waals surface area contributed by atoms with Crippen molar-refractivity contribution in [3.63, 3.8) is 0 Å². The monoisotopic (exact) mass is 315 g/mol. The lowest BCUT2D eigenvalue weighted by molar-refractivity contribution is -0.130. The van der Waals surface area contributed by atoms with Gasteiger partial charge in [-0.2, -0.15) is 0 Å². The zero-order valence-corrected chi connectivity index (χ0v) is 13.7. The van der Waals surface area contributed by atoms with Crippen LogP contribution in [-0.2, 0) is 27.1 Å². The van der Waals surface area contributed by atoms with E-state index in [1.807, 2.05) is 0 Å². The zero-order valence-electron chi connectivity index (χ0n) is 13.7. The van der Waals surface area contributed by atoms with Crippen LogP contribution in [0.2, 0.25) is 0 Å². The van der Waals surface area contributed by atoms with Crippen molar-refractivity contribution in [1.82, 2.24) is 5.32 Å². The number of methoxy groups -OCH3 is 1. The van der Waals surface area contributed by atoms with Crippen LogP contribution in [-0.4, -0.2) is 38.4 Å². The average molecular weight is 315 g/mol.